The molecular formula is C10H15N3O2S. The van der Waals surface area contributed by atoms with Crippen LogP contribution in [0.4, 0.5) is 17.1 Å². The zero-order valence-corrected chi connectivity index (χ0v) is 10.2. The lowest BCUT2D eigenvalue weighted by atomic mass is 10.2. The zero-order valence-electron chi connectivity index (χ0n) is 9.34. The SMILES string of the molecule is CSCCN(C)c1cccc(N)c1[N+](=O)[O-]. The predicted octanol–water partition coefficient (Wildman–Crippen LogP) is 1.98. The number of nitrogen functional groups attached to an aromatic ring is 1. The highest BCUT2D eigenvalue weighted by atomic mass is 32.2. The average Bonchev–Trinajstić information content (AvgIpc) is 2.24. The van der Waals surface area contributed by atoms with Crippen molar-refractivity contribution in [2.45, 2.75) is 0 Å². The molecule has 5 nitrogen and oxygen atoms in total. The van der Waals surface area contributed by atoms with Gasteiger partial charge in [0.15, 0.2) is 0 Å². The summed E-state index contributed by atoms with van der Waals surface area (Å²) in [6.45, 7) is 0.755. The highest BCUT2D eigenvalue weighted by molar-refractivity contribution is 7.98. The van der Waals surface area contributed by atoms with E-state index in [4.69, 9.17) is 5.73 Å². The van der Waals surface area contributed by atoms with E-state index < -0.39 is 4.92 Å². The summed E-state index contributed by atoms with van der Waals surface area (Å²) in [5, 5.41) is 10.9. The molecule has 0 unspecified atom stereocenters. The number of nitrogens with zero attached hydrogens (tertiary/aromatic N) is 2. The maximum atomic E-state index is 10.9. The number of benzene rings is 1. The second kappa shape index (κ2) is 5.60. The molecule has 0 bridgehead atoms. The molecule has 0 aliphatic rings. The molecule has 16 heavy (non-hydrogen) atoms. The van der Waals surface area contributed by atoms with Crippen LogP contribution in [-0.4, -0.2) is 30.5 Å². The van der Waals surface area contributed by atoms with E-state index in [1.54, 1.807) is 30.0 Å². The number of anilines is 2. The lowest BCUT2D eigenvalue weighted by Crippen LogP contribution is -2.21. The van der Waals surface area contributed by atoms with Gasteiger partial charge in [0.05, 0.1) is 4.92 Å². The van der Waals surface area contributed by atoms with Gasteiger partial charge in [-0.3, -0.25) is 10.1 Å². The van der Waals surface area contributed by atoms with Gasteiger partial charge < -0.3 is 10.6 Å². The van der Waals surface area contributed by atoms with Gasteiger partial charge in [-0.15, -0.1) is 0 Å². The second-order valence-electron chi connectivity index (χ2n) is 3.39. The van der Waals surface area contributed by atoms with Crippen molar-refractivity contribution in [2.24, 2.45) is 0 Å². The average molecular weight is 241 g/mol. The van der Waals surface area contributed by atoms with Crippen molar-refractivity contribution in [3.63, 3.8) is 0 Å². The molecule has 0 saturated heterocycles. The van der Waals surface area contributed by atoms with Crippen LogP contribution >= 0.6 is 11.8 Å². The summed E-state index contributed by atoms with van der Waals surface area (Å²) < 4.78 is 0. The molecule has 0 aliphatic heterocycles. The number of para-hydroxylation sites is 1. The number of hydrogen-bond donors (Lipinski definition) is 1. The first kappa shape index (κ1) is 12.6. The Kier molecular flexibility index (Phi) is 4.42. The van der Waals surface area contributed by atoms with Gasteiger partial charge in [-0.25, -0.2) is 0 Å². The van der Waals surface area contributed by atoms with Gasteiger partial charge in [-0.2, -0.15) is 11.8 Å². The van der Waals surface area contributed by atoms with Crippen molar-refractivity contribution in [1.29, 1.82) is 0 Å². The van der Waals surface area contributed by atoms with Crippen LogP contribution in [0.1, 0.15) is 0 Å². The summed E-state index contributed by atoms with van der Waals surface area (Å²) in [6.07, 6.45) is 2.00. The van der Waals surface area contributed by atoms with Gasteiger partial charge in [0.2, 0.25) is 0 Å². The standard InChI is InChI=1S/C10H15N3O2S/c1-12(6-7-16-2)9-5-3-4-8(11)10(9)13(14)15/h3-5H,6-7,11H2,1-2H3. The van der Waals surface area contributed by atoms with Gasteiger partial charge in [-0.05, 0) is 18.4 Å². The summed E-state index contributed by atoms with van der Waals surface area (Å²) >= 11 is 1.70. The summed E-state index contributed by atoms with van der Waals surface area (Å²) in [7, 11) is 1.83. The minimum Gasteiger partial charge on any atom is -0.393 e. The minimum atomic E-state index is -0.430. The number of nitro groups is 1. The quantitative estimate of drug-likeness (QED) is 0.485. The number of hydrogen-bond acceptors (Lipinski definition) is 5. The van der Waals surface area contributed by atoms with Gasteiger partial charge >= 0.3 is 5.69 Å². The number of nitrogens with two attached hydrogens (primary N) is 1. The van der Waals surface area contributed by atoms with Crippen molar-refractivity contribution < 1.29 is 4.92 Å². The van der Waals surface area contributed by atoms with E-state index in [9.17, 15) is 10.1 Å². The molecule has 0 spiro atoms. The molecule has 1 aromatic rings. The molecule has 6 heteroatoms. The third kappa shape index (κ3) is 2.79. The predicted molar refractivity (Wildman–Crippen MR) is 69.2 cm³/mol. The summed E-state index contributed by atoms with van der Waals surface area (Å²) in [6, 6.07) is 4.99. The molecule has 1 aromatic carbocycles. The molecular weight excluding hydrogens is 226 g/mol. The van der Waals surface area contributed by atoms with Crippen LogP contribution in [0, 0.1) is 10.1 Å². The Morgan fingerprint density at radius 3 is 2.81 bits per heavy atom. The molecule has 0 fully saturated rings. The van der Waals surface area contributed by atoms with Crippen LogP contribution in [-0.2, 0) is 0 Å². The fourth-order valence-corrected chi connectivity index (χ4v) is 1.86. The summed E-state index contributed by atoms with van der Waals surface area (Å²) in [5.74, 6) is 0.919. The topological polar surface area (TPSA) is 72.4 Å². The number of thioether (sulfide) groups is 1. The van der Waals surface area contributed by atoms with Crippen molar-refractivity contribution in [1.82, 2.24) is 0 Å². The molecule has 88 valence electrons. The lowest BCUT2D eigenvalue weighted by molar-refractivity contribution is -0.383. The zero-order chi connectivity index (χ0) is 12.1. The highest BCUT2D eigenvalue weighted by Gasteiger charge is 2.19. The van der Waals surface area contributed by atoms with Crippen LogP contribution in [0.3, 0.4) is 0 Å². The Hall–Kier alpha value is -1.43. The van der Waals surface area contributed by atoms with Crippen LogP contribution in [0.15, 0.2) is 18.2 Å². The minimum absolute atomic E-state index is 0.00824. The van der Waals surface area contributed by atoms with E-state index in [1.165, 1.54) is 0 Å². The number of rotatable bonds is 5. The Bertz CT molecular complexity index is 384. The first-order valence-corrected chi connectivity index (χ1v) is 6.20. The second-order valence-corrected chi connectivity index (χ2v) is 4.37. The van der Waals surface area contributed by atoms with E-state index in [-0.39, 0.29) is 11.4 Å². The highest BCUT2D eigenvalue weighted by Crippen LogP contribution is 2.32. The molecule has 0 heterocycles. The van der Waals surface area contributed by atoms with Crippen molar-refractivity contribution >= 4 is 28.8 Å². The third-order valence-electron chi connectivity index (χ3n) is 2.27. The lowest BCUT2D eigenvalue weighted by Gasteiger charge is -2.18. The Morgan fingerprint density at radius 1 is 1.56 bits per heavy atom. The van der Waals surface area contributed by atoms with Gasteiger partial charge in [0, 0.05) is 19.3 Å². The van der Waals surface area contributed by atoms with Crippen LogP contribution < -0.4 is 10.6 Å². The van der Waals surface area contributed by atoms with Crippen LogP contribution in [0.5, 0.6) is 0 Å². The first-order valence-electron chi connectivity index (χ1n) is 4.81. The van der Waals surface area contributed by atoms with Crippen LogP contribution in [0.2, 0.25) is 0 Å². The van der Waals surface area contributed by atoms with E-state index in [0.29, 0.717) is 5.69 Å². The summed E-state index contributed by atoms with van der Waals surface area (Å²) in [4.78, 5) is 12.3. The molecule has 2 N–H and O–H groups in total. The van der Waals surface area contributed by atoms with Crippen LogP contribution in [0.25, 0.3) is 0 Å². The fraction of sp³-hybridized carbons (Fsp3) is 0.400. The van der Waals surface area contributed by atoms with Crippen molar-refractivity contribution in [2.75, 3.05) is 36.2 Å². The molecule has 0 radical (unpaired) electrons. The molecule has 0 aromatic heterocycles. The summed E-state index contributed by atoms with van der Waals surface area (Å²) in [5.41, 5.74) is 6.38. The Balaban J connectivity index is 3.02. The Morgan fingerprint density at radius 2 is 2.25 bits per heavy atom. The van der Waals surface area contributed by atoms with Gasteiger partial charge in [0.25, 0.3) is 0 Å². The largest absolute Gasteiger partial charge is 0.393 e. The van der Waals surface area contributed by atoms with Crippen molar-refractivity contribution in [3.8, 4) is 0 Å². The van der Waals surface area contributed by atoms with E-state index in [0.717, 1.165) is 12.3 Å². The molecule has 0 saturated carbocycles. The third-order valence-corrected chi connectivity index (χ3v) is 2.86. The van der Waals surface area contributed by atoms with Gasteiger partial charge in [-0.1, -0.05) is 6.07 Å². The molecule has 0 aliphatic carbocycles. The van der Waals surface area contributed by atoms with E-state index >= 15 is 0 Å². The van der Waals surface area contributed by atoms with E-state index in [1.807, 2.05) is 18.2 Å². The maximum Gasteiger partial charge on any atom is 0.315 e. The number of nitro benzene ring substituents is 1. The first-order chi connectivity index (χ1) is 7.57. The van der Waals surface area contributed by atoms with Gasteiger partial charge in [0.1, 0.15) is 11.4 Å². The monoisotopic (exact) mass is 241 g/mol. The Labute approximate surface area is 98.8 Å². The molecule has 1 rings (SSSR count). The molecule has 0 atom stereocenters. The molecule has 0 amide bonds. The normalized spacial score (nSPS) is 10.1. The smallest absolute Gasteiger partial charge is 0.315 e. The maximum absolute atomic E-state index is 10.9. The van der Waals surface area contributed by atoms with E-state index in [2.05, 4.69) is 0 Å². The van der Waals surface area contributed by atoms with Crippen molar-refractivity contribution in [3.05, 3.63) is 28.3 Å². The fourth-order valence-electron chi connectivity index (χ4n) is 1.40.